The van der Waals surface area contributed by atoms with Crippen LogP contribution in [0.4, 0.5) is 0 Å². The molecule has 1 heterocycles. The molecule has 0 radical (unpaired) electrons. The molecule has 1 N–H and O–H groups in total. The summed E-state index contributed by atoms with van der Waals surface area (Å²) < 4.78 is 10.4. The van der Waals surface area contributed by atoms with Crippen LogP contribution in [0.25, 0.3) is 0 Å². The molecule has 1 aromatic carbocycles. The van der Waals surface area contributed by atoms with Crippen molar-refractivity contribution in [3.63, 3.8) is 0 Å². The fourth-order valence-corrected chi connectivity index (χ4v) is 2.14. The minimum absolute atomic E-state index is 0.0281. The monoisotopic (exact) mass is 292 g/mol. The first-order valence-electron chi connectivity index (χ1n) is 7.00. The van der Waals surface area contributed by atoms with Gasteiger partial charge in [-0.2, -0.15) is 0 Å². The van der Waals surface area contributed by atoms with Crippen molar-refractivity contribution >= 4 is 11.8 Å². The van der Waals surface area contributed by atoms with Crippen LogP contribution >= 0.6 is 0 Å². The third-order valence-corrected chi connectivity index (χ3v) is 3.31. The third kappa shape index (κ3) is 4.66. The van der Waals surface area contributed by atoms with E-state index in [0.29, 0.717) is 11.5 Å². The van der Waals surface area contributed by atoms with Crippen LogP contribution in [0.1, 0.15) is 12.8 Å². The molecule has 2 rings (SSSR count). The number of amides is 2. The van der Waals surface area contributed by atoms with Crippen LogP contribution < -0.4 is 14.8 Å². The number of hydrogen-bond acceptors (Lipinski definition) is 4. The van der Waals surface area contributed by atoms with Gasteiger partial charge in [0.1, 0.15) is 11.5 Å². The molecule has 6 nitrogen and oxygen atoms in total. The van der Waals surface area contributed by atoms with Crippen LogP contribution in [0.3, 0.4) is 0 Å². The number of likely N-dealkylation sites (tertiary alicyclic amines) is 1. The molecule has 1 aliphatic rings. The molecule has 1 saturated heterocycles. The zero-order valence-corrected chi connectivity index (χ0v) is 12.1. The number of ether oxygens (including phenoxy) is 2. The first kappa shape index (κ1) is 15.2. The van der Waals surface area contributed by atoms with Crippen molar-refractivity contribution in [2.75, 3.05) is 33.4 Å². The molecule has 0 aromatic heterocycles. The smallest absolute Gasteiger partial charge is 0.258 e. The van der Waals surface area contributed by atoms with Crippen molar-refractivity contribution in [1.82, 2.24) is 10.2 Å². The molecular formula is C15H20N2O4. The van der Waals surface area contributed by atoms with Crippen molar-refractivity contribution in [3.8, 4) is 11.5 Å². The Bertz CT molecular complexity index is 498. The molecule has 6 heteroatoms. The minimum Gasteiger partial charge on any atom is -0.497 e. The zero-order valence-electron chi connectivity index (χ0n) is 12.1. The average molecular weight is 292 g/mol. The normalized spacial score (nSPS) is 13.9. The minimum atomic E-state index is -0.314. The van der Waals surface area contributed by atoms with E-state index in [1.165, 1.54) is 0 Å². The molecule has 1 fully saturated rings. The van der Waals surface area contributed by atoms with E-state index in [0.717, 1.165) is 25.9 Å². The first-order valence-corrected chi connectivity index (χ1v) is 7.00. The highest BCUT2D eigenvalue weighted by atomic mass is 16.5. The quantitative estimate of drug-likeness (QED) is 0.842. The van der Waals surface area contributed by atoms with Crippen molar-refractivity contribution in [2.24, 2.45) is 0 Å². The lowest BCUT2D eigenvalue weighted by molar-refractivity contribution is -0.132. The first-order chi connectivity index (χ1) is 10.2. The second-order valence-electron chi connectivity index (χ2n) is 4.83. The Labute approximate surface area is 124 Å². The van der Waals surface area contributed by atoms with Gasteiger partial charge in [0, 0.05) is 19.2 Å². The molecule has 21 heavy (non-hydrogen) atoms. The van der Waals surface area contributed by atoms with Crippen molar-refractivity contribution in [1.29, 1.82) is 0 Å². The van der Waals surface area contributed by atoms with E-state index < -0.39 is 0 Å². The highest BCUT2D eigenvalue weighted by Gasteiger charge is 2.18. The van der Waals surface area contributed by atoms with Gasteiger partial charge in [-0.15, -0.1) is 0 Å². The van der Waals surface area contributed by atoms with E-state index in [1.807, 2.05) is 0 Å². The van der Waals surface area contributed by atoms with E-state index in [9.17, 15) is 9.59 Å². The second-order valence-corrected chi connectivity index (χ2v) is 4.83. The lowest BCUT2D eigenvalue weighted by Gasteiger charge is -2.15. The van der Waals surface area contributed by atoms with E-state index in [-0.39, 0.29) is 25.0 Å². The molecule has 0 atom stereocenters. The number of methoxy groups -OCH3 is 1. The molecule has 114 valence electrons. The van der Waals surface area contributed by atoms with Gasteiger partial charge in [-0.05, 0) is 25.0 Å². The number of nitrogens with one attached hydrogen (secondary N) is 1. The molecule has 0 aliphatic carbocycles. The lowest BCUT2D eigenvalue weighted by atomic mass is 10.3. The maximum absolute atomic E-state index is 11.8. The maximum Gasteiger partial charge on any atom is 0.258 e. The van der Waals surface area contributed by atoms with Gasteiger partial charge < -0.3 is 19.7 Å². The largest absolute Gasteiger partial charge is 0.497 e. The summed E-state index contributed by atoms with van der Waals surface area (Å²) in [7, 11) is 1.57. The van der Waals surface area contributed by atoms with Crippen LogP contribution in [0.5, 0.6) is 11.5 Å². The summed E-state index contributed by atoms with van der Waals surface area (Å²) in [5, 5.41) is 2.57. The molecule has 1 aliphatic heterocycles. The Morgan fingerprint density at radius 1 is 1.24 bits per heavy atom. The lowest BCUT2D eigenvalue weighted by Crippen LogP contribution is -2.40. The molecule has 1 aromatic rings. The van der Waals surface area contributed by atoms with E-state index in [4.69, 9.17) is 9.47 Å². The van der Waals surface area contributed by atoms with Crippen LogP contribution in [0, 0.1) is 0 Å². The summed E-state index contributed by atoms with van der Waals surface area (Å²) in [6.45, 7) is 1.48. The van der Waals surface area contributed by atoms with Gasteiger partial charge in [-0.25, -0.2) is 0 Å². The number of nitrogens with zero attached hydrogens (tertiary/aromatic N) is 1. The Morgan fingerprint density at radius 3 is 2.67 bits per heavy atom. The number of carbonyl (C=O) groups excluding carboxylic acids is 2. The summed E-state index contributed by atoms with van der Waals surface area (Å²) >= 11 is 0. The van der Waals surface area contributed by atoms with Gasteiger partial charge in [0.25, 0.3) is 5.91 Å². The Hall–Kier alpha value is -2.24. The van der Waals surface area contributed by atoms with Gasteiger partial charge in [0.05, 0.1) is 13.7 Å². The molecule has 0 bridgehead atoms. The Morgan fingerprint density at radius 2 is 1.95 bits per heavy atom. The maximum atomic E-state index is 11.8. The highest BCUT2D eigenvalue weighted by molar-refractivity contribution is 5.85. The van der Waals surface area contributed by atoms with Crippen molar-refractivity contribution in [2.45, 2.75) is 12.8 Å². The summed E-state index contributed by atoms with van der Waals surface area (Å²) in [5.74, 6) is 0.861. The van der Waals surface area contributed by atoms with Gasteiger partial charge in [-0.3, -0.25) is 9.59 Å². The standard InChI is InChI=1S/C15H20N2O4/c1-20-12-5-4-6-13(9-12)21-11-14(18)16-10-15(19)17-7-2-3-8-17/h4-6,9H,2-3,7-8,10-11H2,1H3,(H,16,18). The fourth-order valence-electron chi connectivity index (χ4n) is 2.14. The topological polar surface area (TPSA) is 67.9 Å². The van der Waals surface area contributed by atoms with Crippen LogP contribution in [0.15, 0.2) is 24.3 Å². The van der Waals surface area contributed by atoms with E-state index in [2.05, 4.69) is 5.32 Å². The van der Waals surface area contributed by atoms with Crippen molar-refractivity contribution < 1.29 is 19.1 Å². The number of carbonyl (C=O) groups is 2. The summed E-state index contributed by atoms with van der Waals surface area (Å²) in [4.78, 5) is 25.2. The summed E-state index contributed by atoms with van der Waals surface area (Å²) in [6.07, 6.45) is 2.08. The van der Waals surface area contributed by atoms with Gasteiger partial charge >= 0.3 is 0 Å². The van der Waals surface area contributed by atoms with Gasteiger partial charge in [0.2, 0.25) is 5.91 Å². The van der Waals surface area contributed by atoms with Crippen molar-refractivity contribution in [3.05, 3.63) is 24.3 Å². The Balaban J connectivity index is 1.70. The highest BCUT2D eigenvalue weighted by Crippen LogP contribution is 2.18. The SMILES string of the molecule is COc1cccc(OCC(=O)NCC(=O)N2CCCC2)c1. The molecule has 0 unspecified atom stereocenters. The fraction of sp³-hybridized carbons (Fsp3) is 0.467. The number of rotatable bonds is 6. The summed E-state index contributed by atoms with van der Waals surface area (Å²) in [5.41, 5.74) is 0. The molecular weight excluding hydrogens is 272 g/mol. The summed E-state index contributed by atoms with van der Waals surface area (Å²) in [6, 6.07) is 7.01. The molecule has 2 amide bonds. The Kier molecular flexibility index (Phi) is 5.43. The predicted octanol–water partition coefficient (Wildman–Crippen LogP) is 0.813. The number of benzene rings is 1. The predicted molar refractivity (Wildman–Crippen MR) is 77.3 cm³/mol. The van der Waals surface area contributed by atoms with Crippen LogP contribution in [-0.2, 0) is 9.59 Å². The van der Waals surface area contributed by atoms with E-state index in [1.54, 1.807) is 36.3 Å². The average Bonchev–Trinajstić information content (AvgIpc) is 3.05. The van der Waals surface area contributed by atoms with Gasteiger partial charge in [0.15, 0.2) is 6.61 Å². The van der Waals surface area contributed by atoms with E-state index >= 15 is 0 Å². The van der Waals surface area contributed by atoms with Crippen LogP contribution in [-0.4, -0.2) is 50.1 Å². The molecule has 0 spiro atoms. The molecule has 0 saturated carbocycles. The number of hydrogen-bond donors (Lipinski definition) is 1. The van der Waals surface area contributed by atoms with Crippen LogP contribution in [0.2, 0.25) is 0 Å². The second kappa shape index (κ2) is 7.52. The third-order valence-electron chi connectivity index (χ3n) is 3.31. The van der Waals surface area contributed by atoms with Gasteiger partial charge in [-0.1, -0.05) is 6.07 Å². The zero-order chi connectivity index (χ0) is 15.1.